The number of rotatable bonds is 1. The summed E-state index contributed by atoms with van der Waals surface area (Å²) in [6, 6.07) is 6.89. The first-order valence-electron chi connectivity index (χ1n) is 6.67. The fourth-order valence-electron chi connectivity index (χ4n) is 2.55. The molecule has 0 bridgehead atoms. The van der Waals surface area contributed by atoms with E-state index in [1.807, 2.05) is 6.92 Å². The molecule has 0 saturated carbocycles. The van der Waals surface area contributed by atoms with E-state index in [2.05, 4.69) is 49.2 Å². The van der Waals surface area contributed by atoms with Crippen LogP contribution >= 0.6 is 11.6 Å². The lowest BCUT2D eigenvalue weighted by molar-refractivity contribution is 0.453. The van der Waals surface area contributed by atoms with Gasteiger partial charge in [-0.15, -0.1) is 0 Å². The Bertz CT molecular complexity index is 429. The van der Waals surface area contributed by atoms with Crippen molar-refractivity contribution in [2.75, 3.05) is 18.0 Å². The number of hydrogen-bond donors (Lipinski definition) is 1. The highest BCUT2D eigenvalue weighted by atomic mass is 35.5. The molecule has 0 radical (unpaired) electrons. The molecule has 0 amide bonds. The van der Waals surface area contributed by atoms with Gasteiger partial charge in [-0.2, -0.15) is 0 Å². The standard InChI is InChI=1S/C15H23ClN2/c1-11-5-6-13(9-14(11)16)18-10-12(2)17-8-7-15(18,3)4/h5-6,9,12,17H,7-8,10H2,1-4H3. The van der Waals surface area contributed by atoms with Crippen LogP contribution in [0.25, 0.3) is 0 Å². The van der Waals surface area contributed by atoms with Gasteiger partial charge in [0.25, 0.3) is 0 Å². The molecule has 1 aromatic carbocycles. The molecule has 1 heterocycles. The number of halogens is 1. The molecule has 3 heteroatoms. The molecule has 1 atom stereocenters. The van der Waals surface area contributed by atoms with Crippen LogP contribution in [0.5, 0.6) is 0 Å². The molecular weight excluding hydrogens is 244 g/mol. The van der Waals surface area contributed by atoms with Gasteiger partial charge >= 0.3 is 0 Å². The molecule has 1 fully saturated rings. The van der Waals surface area contributed by atoms with Crippen molar-refractivity contribution in [3.8, 4) is 0 Å². The van der Waals surface area contributed by atoms with Crippen LogP contribution in [0.4, 0.5) is 5.69 Å². The highest BCUT2D eigenvalue weighted by Gasteiger charge is 2.30. The Kier molecular flexibility index (Phi) is 3.88. The maximum absolute atomic E-state index is 6.26. The molecule has 1 saturated heterocycles. The van der Waals surface area contributed by atoms with Crippen LogP contribution in [0.3, 0.4) is 0 Å². The Hall–Kier alpha value is -0.730. The number of hydrogen-bond acceptors (Lipinski definition) is 2. The van der Waals surface area contributed by atoms with Gasteiger partial charge in [-0.25, -0.2) is 0 Å². The van der Waals surface area contributed by atoms with Crippen LogP contribution < -0.4 is 10.2 Å². The van der Waals surface area contributed by atoms with Crippen LogP contribution in [0, 0.1) is 6.92 Å². The van der Waals surface area contributed by atoms with Gasteiger partial charge in [-0.3, -0.25) is 0 Å². The second kappa shape index (κ2) is 5.10. The van der Waals surface area contributed by atoms with Crippen LogP contribution in [-0.2, 0) is 0 Å². The molecule has 1 unspecified atom stereocenters. The summed E-state index contributed by atoms with van der Waals surface area (Å²) in [7, 11) is 0. The second-order valence-electron chi connectivity index (χ2n) is 5.96. The molecule has 1 aromatic rings. The van der Waals surface area contributed by atoms with Crippen molar-refractivity contribution in [3.05, 3.63) is 28.8 Å². The van der Waals surface area contributed by atoms with Crippen molar-refractivity contribution in [2.24, 2.45) is 0 Å². The van der Waals surface area contributed by atoms with E-state index in [0.29, 0.717) is 6.04 Å². The van der Waals surface area contributed by atoms with Crippen LogP contribution in [0.15, 0.2) is 18.2 Å². The Balaban J connectivity index is 2.35. The molecule has 2 nitrogen and oxygen atoms in total. The van der Waals surface area contributed by atoms with Crippen molar-refractivity contribution in [1.29, 1.82) is 0 Å². The average Bonchev–Trinajstić information content (AvgIpc) is 2.41. The van der Waals surface area contributed by atoms with E-state index in [4.69, 9.17) is 11.6 Å². The normalized spacial score (nSPS) is 23.8. The van der Waals surface area contributed by atoms with Gasteiger partial charge < -0.3 is 10.2 Å². The van der Waals surface area contributed by atoms with E-state index in [9.17, 15) is 0 Å². The fraction of sp³-hybridized carbons (Fsp3) is 0.600. The highest BCUT2D eigenvalue weighted by Crippen LogP contribution is 2.31. The van der Waals surface area contributed by atoms with Crippen molar-refractivity contribution >= 4 is 17.3 Å². The highest BCUT2D eigenvalue weighted by molar-refractivity contribution is 6.31. The molecule has 1 aliphatic heterocycles. The summed E-state index contributed by atoms with van der Waals surface area (Å²) < 4.78 is 0. The van der Waals surface area contributed by atoms with E-state index >= 15 is 0 Å². The van der Waals surface area contributed by atoms with E-state index in [0.717, 1.165) is 30.1 Å². The van der Waals surface area contributed by atoms with E-state index < -0.39 is 0 Å². The lowest BCUT2D eigenvalue weighted by atomic mass is 9.97. The summed E-state index contributed by atoms with van der Waals surface area (Å²) in [6.07, 6.45) is 1.14. The van der Waals surface area contributed by atoms with Crippen LogP contribution in [0.1, 0.15) is 32.8 Å². The van der Waals surface area contributed by atoms with Crippen LogP contribution in [-0.4, -0.2) is 24.7 Å². The largest absolute Gasteiger partial charge is 0.365 e. The number of anilines is 1. The zero-order chi connectivity index (χ0) is 13.3. The number of aryl methyl sites for hydroxylation is 1. The minimum absolute atomic E-state index is 0.163. The number of nitrogens with zero attached hydrogens (tertiary/aromatic N) is 1. The first-order chi connectivity index (χ1) is 8.40. The quantitative estimate of drug-likeness (QED) is 0.835. The zero-order valence-electron chi connectivity index (χ0n) is 11.8. The lowest BCUT2D eigenvalue weighted by Gasteiger charge is -2.39. The SMILES string of the molecule is Cc1ccc(N2CC(C)NCCC2(C)C)cc1Cl. The Morgan fingerprint density at radius 3 is 2.78 bits per heavy atom. The van der Waals surface area contributed by atoms with Crippen molar-refractivity contribution < 1.29 is 0 Å². The summed E-state index contributed by atoms with van der Waals surface area (Å²) >= 11 is 6.26. The fourth-order valence-corrected chi connectivity index (χ4v) is 2.72. The predicted molar refractivity (Wildman–Crippen MR) is 79.7 cm³/mol. The van der Waals surface area contributed by atoms with Gasteiger partial charge in [0.1, 0.15) is 0 Å². The first-order valence-corrected chi connectivity index (χ1v) is 7.05. The van der Waals surface area contributed by atoms with Gasteiger partial charge in [0, 0.05) is 28.8 Å². The third kappa shape index (κ3) is 2.81. The molecule has 100 valence electrons. The summed E-state index contributed by atoms with van der Waals surface area (Å²) in [5, 5.41) is 4.41. The number of nitrogens with one attached hydrogen (secondary N) is 1. The summed E-state index contributed by atoms with van der Waals surface area (Å²) in [5.41, 5.74) is 2.53. The summed E-state index contributed by atoms with van der Waals surface area (Å²) in [4.78, 5) is 2.48. The van der Waals surface area contributed by atoms with Crippen molar-refractivity contribution in [3.63, 3.8) is 0 Å². The third-order valence-electron chi connectivity index (χ3n) is 3.88. The van der Waals surface area contributed by atoms with E-state index in [-0.39, 0.29) is 5.54 Å². The van der Waals surface area contributed by atoms with Gasteiger partial charge in [-0.05, 0) is 58.4 Å². The summed E-state index contributed by atoms with van der Waals surface area (Å²) in [6.45, 7) is 11.0. The minimum Gasteiger partial charge on any atom is -0.365 e. The smallest absolute Gasteiger partial charge is 0.0455 e. The number of benzene rings is 1. The Labute approximate surface area is 115 Å². The zero-order valence-corrected chi connectivity index (χ0v) is 12.5. The van der Waals surface area contributed by atoms with Gasteiger partial charge in [0.2, 0.25) is 0 Å². The molecule has 2 rings (SSSR count). The van der Waals surface area contributed by atoms with Crippen LogP contribution in [0.2, 0.25) is 5.02 Å². The monoisotopic (exact) mass is 266 g/mol. The van der Waals surface area contributed by atoms with Crippen molar-refractivity contribution in [2.45, 2.75) is 45.7 Å². The van der Waals surface area contributed by atoms with E-state index in [1.54, 1.807) is 0 Å². The second-order valence-corrected chi connectivity index (χ2v) is 6.37. The molecular formula is C15H23ClN2. The Morgan fingerprint density at radius 2 is 2.11 bits per heavy atom. The van der Waals surface area contributed by atoms with Gasteiger partial charge in [0.15, 0.2) is 0 Å². The average molecular weight is 267 g/mol. The van der Waals surface area contributed by atoms with E-state index in [1.165, 1.54) is 5.69 Å². The van der Waals surface area contributed by atoms with Gasteiger partial charge in [-0.1, -0.05) is 17.7 Å². The Morgan fingerprint density at radius 1 is 1.39 bits per heavy atom. The molecule has 0 spiro atoms. The molecule has 1 N–H and O–H groups in total. The lowest BCUT2D eigenvalue weighted by Crippen LogP contribution is -2.46. The van der Waals surface area contributed by atoms with Crippen molar-refractivity contribution in [1.82, 2.24) is 5.32 Å². The molecule has 0 aliphatic carbocycles. The molecule has 18 heavy (non-hydrogen) atoms. The summed E-state index contributed by atoms with van der Waals surface area (Å²) in [5.74, 6) is 0. The molecule has 0 aromatic heterocycles. The third-order valence-corrected chi connectivity index (χ3v) is 4.29. The maximum atomic E-state index is 6.26. The minimum atomic E-state index is 0.163. The van der Waals surface area contributed by atoms with Gasteiger partial charge in [0.05, 0.1) is 0 Å². The first kappa shape index (κ1) is 13.7. The topological polar surface area (TPSA) is 15.3 Å². The predicted octanol–water partition coefficient (Wildman–Crippen LogP) is 3.62. The maximum Gasteiger partial charge on any atom is 0.0455 e. The molecule has 1 aliphatic rings.